The Morgan fingerprint density at radius 3 is 2.90 bits per heavy atom. The van der Waals surface area contributed by atoms with Gasteiger partial charge in [0.1, 0.15) is 6.33 Å². The van der Waals surface area contributed by atoms with Gasteiger partial charge in [-0.2, -0.15) is 0 Å². The van der Waals surface area contributed by atoms with Crippen molar-refractivity contribution in [3.8, 4) is 5.69 Å². The third-order valence-corrected chi connectivity index (χ3v) is 4.38. The van der Waals surface area contributed by atoms with Crippen LogP contribution < -0.4 is 0 Å². The van der Waals surface area contributed by atoms with E-state index in [0.717, 1.165) is 6.42 Å². The molecule has 2 aromatic rings. The molecule has 106 valence electrons. The minimum Gasteiger partial charge on any atom is -0.476 e. The number of aromatic nitrogens is 2. The van der Waals surface area contributed by atoms with Crippen molar-refractivity contribution in [1.29, 1.82) is 0 Å². The number of amides is 1. The number of carbonyl (C=O) groups excluding carboxylic acids is 1. The highest BCUT2D eigenvalue weighted by molar-refractivity contribution is 6.34. The molecule has 7 heteroatoms. The summed E-state index contributed by atoms with van der Waals surface area (Å²) in [7, 11) is 0. The summed E-state index contributed by atoms with van der Waals surface area (Å²) < 4.78 is 1.67. The molecule has 3 heterocycles. The van der Waals surface area contributed by atoms with E-state index in [1.165, 1.54) is 6.33 Å². The van der Waals surface area contributed by atoms with Gasteiger partial charge in [0.15, 0.2) is 5.69 Å². The summed E-state index contributed by atoms with van der Waals surface area (Å²) in [6, 6.07) is 4.89. The van der Waals surface area contributed by atoms with E-state index >= 15 is 0 Å². The van der Waals surface area contributed by atoms with E-state index in [9.17, 15) is 14.7 Å². The molecule has 1 aromatic heterocycles. The van der Waals surface area contributed by atoms with Crippen LogP contribution in [0.3, 0.4) is 0 Å². The number of rotatable bonds is 1. The summed E-state index contributed by atoms with van der Waals surface area (Å²) in [5.74, 6) is -1.25. The molecule has 21 heavy (non-hydrogen) atoms. The molecule has 1 amide bonds. The predicted molar refractivity (Wildman–Crippen MR) is 73.9 cm³/mol. The van der Waals surface area contributed by atoms with E-state index in [1.54, 1.807) is 27.7 Å². The van der Waals surface area contributed by atoms with Crippen LogP contribution in [0.2, 0.25) is 5.02 Å². The highest BCUT2D eigenvalue weighted by atomic mass is 35.5. The first kappa shape index (κ1) is 12.4. The molecule has 2 aliphatic rings. The fraction of sp³-hybridized carbons (Fsp3) is 0.214. The second kappa shape index (κ2) is 4.08. The van der Waals surface area contributed by atoms with Gasteiger partial charge < -0.3 is 10.0 Å². The lowest BCUT2D eigenvalue weighted by atomic mass is 9.97. The lowest BCUT2D eigenvalue weighted by molar-refractivity contribution is 0.0449. The molecule has 4 rings (SSSR count). The summed E-state index contributed by atoms with van der Waals surface area (Å²) in [6.07, 6.45) is 2.17. The lowest BCUT2D eigenvalue weighted by Gasteiger charge is -2.39. The average molecular weight is 304 g/mol. The summed E-state index contributed by atoms with van der Waals surface area (Å²) in [4.78, 5) is 29.6. The average Bonchev–Trinajstić information content (AvgIpc) is 2.78. The van der Waals surface area contributed by atoms with Crippen molar-refractivity contribution in [3.63, 3.8) is 0 Å². The van der Waals surface area contributed by atoms with Gasteiger partial charge >= 0.3 is 5.97 Å². The standard InChI is InChI=1S/C14H10ClN3O3/c15-7-2-1-3-8-10(7)13(19)17-5-4-9(17)12-11(14(20)21)16-6-18(8)12/h1-3,6,9H,4-5H2,(H,20,21). The Morgan fingerprint density at radius 2 is 2.24 bits per heavy atom. The zero-order valence-electron chi connectivity index (χ0n) is 10.8. The van der Waals surface area contributed by atoms with Gasteiger partial charge in [-0.25, -0.2) is 9.78 Å². The minimum atomic E-state index is -1.09. The Hall–Kier alpha value is -2.34. The zero-order valence-corrected chi connectivity index (χ0v) is 11.5. The Kier molecular flexibility index (Phi) is 2.41. The summed E-state index contributed by atoms with van der Waals surface area (Å²) in [5.41, 5.74) is 1.52. The molecule has 1 aromatic carbocycles. The second-order valence-corrected chi connectivity index (χ2v) is 5.50. The fourth-order valence-electron chi connectivity index (χ4n) is 3.02. The number of hydrogen-bond acceptors (Lipinski definition) is 3. The maximum absolute atomic E-state index is 12.6. The van der Waals surface area contributed by atoms with E-state index in [0.29, 0.717) is 28.5 Å². The Bertz CT molecular complexity index is 799. The number of imidazole rings is 1. The first-order valence-electron chi connectivity index (χ1n) is 6.50. The first-order chi connectivity index (χ1) is 10.1. The van der Waals surface area contributed by atoms with Crippen LogP contribution >= 0.6 is 11.6 Å². The number of carbonyl (C=O) groups is 2. The van der Waals surface area contributed by atoms with Crippen molar-refractivity contribution in [2.24, 2.45) is 0 Å². The van der Waals surface area contributed by atoms with Crippen LogP contribution in [0, 0.1) is 0 Å². The number of nitrogens with zero attached hydrogens (tertiary/aromatic N) is 3. The van der Waals surface area contributed by atoms with E-state index in [2.05, 4.69) is 4.98 Å². The van der Waals surface area contributed by atoms with Crippen molar-refractivity contribution < 1.29 is 14.7 Å². The zero-order chi connectivity index (χ0) is 14.7. The quantitative estimate of drug-likeness (QED) is 0.875. The van der Waals surface area contributed by atoms with Gasteiger partial charge in [0.25, 0.3) is 5.91 Å². The highest BCUT2D eigenvalue weighted by Crippen LogP contribution is 2.42. The van der Waals surface area contributed by atoms with Gasteiger partial charge in [-0.15, -0.1) is 0 Å². The lowest BCUT2D eigenvalue weighted by Crippen LogP contribution is -2.45. The van der Waals surface area contributed by atoms with E-state index < -0.39 is 5.97 Å². The maximum Gasteiger partial charge on any atom is 0.356 e. The van der Waals surface area contributed by atoms with E-state index in [4.69, 9.17) is 11.6 Å². The third kappa shape index (κ3) is 1.50. The second-order valence-electron chi connectivity index (χ2n) is 5.09. The maximum atomic E-state index is 12.6. The van der Waals surface area contributed by atoms with Gasteiger partial charge in [0, 0.05) is 6.54 Å². The van der Waals surface area contributed by atoms with E-state index in [-0.39, 0.29) is 17.6 Å². The van der Waals surface area contributed by atoms with Crippen LogP contribution in [0.15, 0.2) is 24.5 Å². The molecule has 1 fully saturated rings. The van der Waals surface area contributed by atoms with Crippen LogP contribution in [-0.4, -0.2) is 38.0 Å². The summed E-state index contributed by atoms with van der Waals surface area (Å²) in [5, 5.41) is 9.68. The number of benzene rings is 1. The number of carboxylic acids is 1. The molecule has 1 unspecified atom stereocenters. The number of aromatic carboxylic acids is 1. The van der Waals surface area contributed by atoms with Crippen LogP contribution in [0.1, 0.15) is 39.0 Å². The third-order valence-electron chi connectivity index (χ3n) is 4.07. The molecule has 0 aliphatic carbocycles. The van der Waals surface area contributed by atoms with Gasteiger partial charge in [0.2, 0.25) is 0 Å². The molecule has 0 radical (unpaired) electrons. The topological polar surface area (TPSA) is 75.4 Å². The molecular formula is C14H10ClN3O3. The van der Waals surface area contributed by atoms with Crippen molar-refractivity contribution >= 4 is 23.5 Å². The normalized spacial score (nSPS) is 19.2. The van der Waals surface area contributed by atoms with Crippen molar-refractivity contribution in [2.75, 3.05) is 6.54 Å². The predicted octanol–water partition coefficient (Wildman–Crippen LogP) is 2.12. The van der Waals surface area contributed by atoms with Crippen LogP contribution in [-0.2, 0) is 0 Å². The fourth-order valence-corrected chi connectivity index (χ4v) is 3.27. The van der Waals surface area contributed by atoms with Gasteiger partial charge in [0.05, 0.1) is 28.0 Å². The van der Waals surface area contributed by atoms with Crippen molar-refractivity contribution in [3.05, 3.63) is 46.5 Å². The van der Waals surface area contributed by atoms with Crippen molar-refractivity contribution in [1.82, 2.24) is 14.5 Å². The minimum absolute atomic E-state index is 0.00896. The highest BCUT2D eigenvalue weighted by Gasteiger charge is 2.43. The first-order valence-corrected chi connectivity index (χ1v) is 6.87. The molecule has 0 bridgehead atoms. The molecule has 1 atom stereocenters. The van der Waals surface area contributed by atoms with E-state index in [1.807, 2.05) is 0 Å². The van der Waals surface area contributed by atoms with Crippen LogP contribution in [0.5, 0.6) is 0 Å². The van der Waals surface area contributed by atoms with Crippen LogP contribution in [0.25, 0.3) is 5.69 Å². The number of hydrogen-bond donors (Lipinski definition) is 1. The number of fused-ring (bicyclic) bond motifs is 5. The van der Waals surface area contributed by atoms with Gasteiger partial charge in [-0.3, -0.25) is 9.36 Å². The summed E-state index contributed by atoms with van der Waals surface area (Å²) in [6.45, 7) is 0.596. The van der Waals surface area contributed by atoms with Gasteiger partial charge in [-0.05, 0) is 18.6 Å². The van der Waals surface area contributed by atoms with Gasteiger partial charge in [-0.1, -0.05) is 17.7 Å². The monoisotopic (exact) mass is 303 g/mol. The molecular weight excluding hydrogens is 294 g/mol. The number of carboxylic acid groups (broad SMARTS) is 1. The Balaban J connectivity index is 2.07. The largest absolute Gasteiger partial charge is 0.476 e. The molecule has 0 saturated carbocycles. The van der Waals surface area contributed by atoms with Crippen molar-refractivity contribution in [2.45, 2.75) is 12.5 Å². The summed E-state index contributed by atoms with van der Waals surface area (Å²) >= 11 is 6.18. The molecule has 1 N–H and O–H groups in total. The van der Waals surface area contributed by atoms with Crippen LogP contribution in [0.4, 0.5) is 0 Å². The Labute approximate surface area is 124 Å². The molecule has 1 saturated heterocycles. The molecule has 2 aliphatic heterocycles. The Morgan fingerprint density at radius 1 is 1.43 bits per heavy atom. The SMILES string of the molecule is O=C(O)c1ncn2c1C1CCN1C(=O)c1c(Cl)cccc1-2. The molecule has 0 spiro atoms. The number of halogens is 1. The molecule has 6 nitrogen and oxygen atoms in total. The smallest absolute Gasteiger partial charge is 0.356 e.